The Labute approximate surface area is 54.1 Å². The lowest BCUT2D eigenvalue weighted by Gasteiger charge is -1.94. The van der Waals surface area contributed by atoms with E-state index in [1.54, 1.807) is 16.8 Å². The van der Waals surface area contributed by atoms with Crippen molar-refractivity contribution in [2.75, 3.05) is 0 Å². The fourth-order valence-electron chi connectivity index (χ4n) is 0.754. The molecule has 0 aromatic carbocycles. The Morgan fingerprint density at radius 1 is 1.78 bits per heavy atom. The van der Waals surface area contributed by atoms with Gasteiger partial charge in [0.15, 0.2) is 5.78 Å². The second kappa shape index (κ2) is 2.05. The standard InChI is InChI=1S/C7H8NO/c1-6(9)7-4-3-5-8(7)2/h3,5H,1-2H3. The molecular formula is C7H8NO. The molecule has 47 valence electrons. The molecule has 1 aromatic heterocycles. The topological polar surface area (TPSA) is 22.0 Å². The van der Waals surface area contributed by atoms with Crippen molar-refractivity contribution in [3.8, 4) is 0 Å². The summed E-state index contributed by atoms with van der Waals surface area (Å²) in [6, 6.07) is 4.55. The van der Waals surface area contributed by atoms with Gasteiger partial charge in [-0.15, -0.1) is 0 Å². The van der Waals surface area contributed by atoms with Crippen LogP contribution in [-0.2, 0) is 7.05 Å². The van der Waals surface area contributed by atoms with E-state index in [2.05, 4.69) is 6.07 Å². The molecular weight excluding hydrogens is 114 g/mol. The van der Waals surface area contributed by atoms with Crippen molar-refractivity contribution in [3.63, 3.8) is 0 Å². The minimum atomic E-state index is 0.0579. The van der Waals surface area contributed by atoms with Crippen LogP contribution < -0.4 is 0 Å². The average Bonchev–Trinajstić information content (AvgIpc) is 2.13. The summed E-state index contributed by atoms with van der Waals surface area (Å²) >= 11 is 0. The zero-order valence-electron chi connectivity index (χ0n) is 5.51. The molecule has 1 heterocycles. The average molecular weight is 122 g/mol. The lowest BCUT2D eigenvalue weighted by molar-refractivity contribution is 0.101. The third kappa shape index (κ3) is 1.02. The van der Waals surface area contributed by atoms with Crippen LogP contribution in [-0.4, -0.2) is 10.4 Å². The molecule has 0 aliphatic rings. The molecule has 0 aliphatic carbocycles. The van der Waals surface area contributed by atoms with Crippen LogP contribution in [0.5, 0.6) is 0 Å². The fraction of sp³-hybridized carbons (Fsp3) is 0.286. The number of carbonyl (C=O) groups excluding carboxylic acids is 1. The van der Waals surface area contributed by atoms with Crippen LogP contribution >= 0.6 is 0 Å². The normalized spacial score (nSPS) is 9.56. The van der Waals surface area contributed by atoms with Gasteiger partial charge in [0, 0.05) is 26.2 Å². The van der Waals surface area contributed by atoms with E-state index < -0.39 is 0 Å². The summed E-state index contributed by atoms with van der Waals surface area (Å²) in [5, 5.41) is 0. The highest BCUT2D eigenvalue weighted by atomic mass is 16.1. The molecule has 1 rings (SSSR count). The van der Waals surface area contributed by atoms with Crippen LogP contribution in [0.4, 0.5) is 0 Å². The fourth-order valence-corrected chi connectivity index (χ4v) is 0.754. The van der Waals surface area contributed by atoms with Gasteiger partial charge in [-0.25, -0.2) is 0 Å². The molecule has 0 spiro atoms. The lowest BCUT2D eigenvalue weighted by atomic mass is 10.3. The van der Waals surface area contributed by atoms with Crippen molar-refractivity contribution in [1.29, 1.82) is 0 Å². The Hall–Kier alpha value is -1.05. The predicted octanol–water partition coefficient (Wildman–Crippen LogP) is 1.03. The number of nitrogens with zero attached hydrogens (tertiary/aromatic N) is 1. The number of rotatable bonds is 1. The number of hydrogen-bond donors (Lipinski definition) is 0. The molecule has 9 heavy (non-hydrogen) atoms. The maximum absolute atomic E-state index is 10.7. The van der Waals surface area contributed by atoms with Gasteiger partial charge in [-0.05, 0) is 6.07 Å². The van der Waals surface area contributed by atoms with Crippen molar-refractivity contribution in [2.45, 2.75) is 6.92 Å². The summed E-state index contributed by atoms with van der Waals surface area (Å²) in [5.41, 5.74) is 0.634. The summed E-state index contributed by atoms with van der Waals surface area (Å²) in [4.78, 5) is 10.7. The van der Waals surface area contributed by atoms with E-state index in [1.165, 1.54) is 6.92 Å². The summed E-state index contributed by atoms with van der Waals surface area (Å²) in [6.07, 6.45) is 1.80. The first-order chi connectivity index (χ1) is 4.22. The predicted molar refractivity (Wildman–Crippen MR) is 34.3 cm³/mol. The summed E-state index contributed by atoms with van der Waals surface area (Å²) in [5.74, 6) is 0.0579. The first kappa shape index (κ1) is 6.08. The Morgan fingerprint density at radius 3 is 2.67 bits per heavy atom. The van der Waals surface area contributed by atoms with Gasteiger partial charge in [0.05, 0.1) is 5.69 Å². The van der Waals surface area contributed by atoms with Gasteiger partial charge in [-0.1, -0.05) is 0 Å². The number of hydrogen-bond acceptors (Lipinski definition) is 1. The highest BCUT2D eigenvalue weighted by molar-refractivity contribution is 5.92. The monoisotopic (exact) mass is 122 g/mol. The van der Waals surface area contributed by atoms with Crippen molar-refractivity contribution < 1.29 is 4.79 Å². The SMILES string of the molecule is CC(=O)c1[c]ccn1C. The molecule has 0 atom stereocenters. The second-order valence-electron chi connectivity index (χ2n) is 1.98. The van der Waals surface area contributed by atoms with E-state index >= 15 is 0 Å². The van der Waals surface area contributed by atoms with Gasteiger partial charge >= 0.3 is 0 Å². The van der Waals surface area contributed by atoms with E-state index in [0.29, 0.717) is 5.69 Å². The molecule has 0 fully saturated rings. The molecule has 0 saturated heterocycles. The van der Waals surface area contributed by atoms with Gasteiger partial charge in [0.2, 0.25) is 0 Å². The molecule has 0 amide bonds. The number of ketones is 1. The summed E-state index contributed by atoms with van der Waals surface area (Å²) < 4.78 is 1.75. The minimum Gasteiger partial charge on any atom is -0.348 e. The lowest BCUT2D eigenvalue weighted by Crippen LogP contribution is -1.99. The smallest absolute Gasteiger partial charge is 0.176 e. The highest BCUT2D eigenvalue weighted by Crippen LogP contribution is 1.97. The first-order valence-electron chi connectivity index (χ1n) is 2.76. The molecule has 0 bridgehead atoms. The van der Waals surface area contributed by atoms with Gasteiger partial charge in [-0.3, -0.25) is 4.79 Å². The van der Waals surface area contributed by atoms with Gasteiger partial charge in [0.1, 0.15) is 0 Å². The molecule has 0 saturated carbocycles. The van der Waals surface area contributed by atoms with E-state index in [-0.39, 0.29) is 5.78 Å². The summed E-state index contributed by atoms with van der Waals surface area (Å²) in [7, 11) is 1.83. The molecule has 0 N–H and O–H groups in total. The molecule has 2 nitrogen and oxygen atoms in total. The van der Waals surface area contributed by atoms with E-state index in [4.69, 9.17) is 0 Å². The van der Waals surface area contributed by atoms with Crippen molar-refractivity contribution in [1.82, 2.24) is 4.57 Å². The van der Waals surface area contributed by atoms with Crippen molar-refractivity contribution in [2.24, 2.45) is 7.05 Å². The largest absolute Gasteiger partial charge is 0.348 e. The summed E-state index contributed by atoms with van der Waals surface area (Å²) in [6.45, 7) is 1.53. The van der Waals surface area contributed by atoms with E-state index in [1.807, 2.05) is 7.05 Å². The molecule has 1 radical (unpaired) electrons. The zero-order valence-corrected chi connectivity index (χ0v) is 5.51. The van der Waals surface area contributed by atoms with Crippen LogP contribution in [0, 0.1) is 6.07 Å². The van der Waals surface area contributed by atoms with E-state index in [0.717, 1.165) is 0 Å². The van der Waals surface area contributed by atoms with Gasteiger partial charge < -0.3 is 4.57 Å². The number of aryl methyl sites for hydroxylation is 1. The number of aromatic nitrogens is 1. The Kier molecular flexibility index (Phi) is 1.39. The molecule has 1 aromatic rings. The number of carbonyl (C=O) groups is 1. The maximum atomic E-state index is 10.7. The molecule has 0 unspecified atom stereocenters. The van der Waals surface area contributed by atoms with Crippen LogP contribution in [0.2, 0.25) is 0 Å². The Bertz CT molecular complexity index is 225. The van der Waals surface area contributed by atoms with Crippen LogP contribution in [0.3, 0.4) is 0 Å². The van der Waals surface area contributed by atoms with Gasteiger partial charge in [-0.2, -0.15) is 0 Å². The zero-order chi connectivity index (χ0) is 6.85. The van der Waals surface area contributed by atoms with Crippen LogP contribution in [0.25, 0.3) is 0 Å². The van der Waals surface area contributed by atoms with Gasteiger partial charge in [0.25, 0.3) is 0 Å². The Balaban J connectivity index is 3.08. The Morgan fingerprint density at radius 2 is 2.44 bits per heavy atom. The third-order valence-electron chi connectivity index (χ3n) is 1.20. The van der Waals surface area contributed by atoms with Crippen molar-refractivity contribution in [3.05, 3.63) is 24.0 Å². The quantitative estimate of drug-likeness (QED) is 0.510. The second-order valence-corrected chi connectivity index (χ2v) is 1.98. The van der Waals surface area contributed by atoms with Crippen LogP contribution in [0.1, 0.15) is 17.4 Å². The van der Waals surface area contributed by atoms with Crippen LogP contribution in [0.15, 0.2) is 12.3 Å². The van der Waals surface area contributed by atoms with Crippen molar-refractivity contribution >= 4 is 5.78 Å². The molecule has 2 heteroatoms. The highest BCUT2D eigenvalue weighted by Gasteiger charge is 2.00. The number of Topliss-reactive ketones (excluding diaryl/α,β-unsaturated/α-hetero) is 1. The maximum Gasteiger partial charge on any atom is 0.176 e. The van der Waals surface area contributed by atoms with E-state index in [9.17, 15) is 4.79 Å². The third-order valence-corrected chi connectivity index (χ3v) is 1.20. The molecule has 0 aliphatic heterocycles. The first-order valence-corrected chi connectivity index (χ1v) is 2.76. The minimum absolute atomic E-state index is 0.0579.